The molecule has 0 atom stereocenters. The van der Waals surface area contributed by atoms with Crippen LogP contribution in [-0.2, 0) is 5.41 Å². The highest BCUT2D eigenvalue weighted by molar-refractivity contribution is 5.41. The van der Waals surface area contributed by atoms with E-state index in [1.54, 1.807) is 24.3 Å². The summed E-state index contributed by atoms with van der Waals surface area (Å²) in [6.45, 7) is 2.18. The van der Waals surface area contributed by atoms with Gasteiger partial charge in [-0.3, -0.25) is 0 Å². The van der Waals surface area contributed by atoms with Crippen molar-refractivity contribution in [2.45, 2.75) is 19.2 Å². The van der Waals surface area contributed by atoms with E-state index in [0.717, 1.165) is 11.1 Å². The maximum absolute atomic E-state index is 9.32. The number of phenolic OH excluding ortho intramolecular Hbond substituents is 2. The fraction of sp³-hybridized carbons (Fsp3) is 0.200. The number of hydrogen-bond donors (Lipinski definition) is 2. The zero-order valence-electron chi connectivity index (χ0n) is 10.7. The molecule has 0 saturated heterocycles. The van der Waals surface area contributed by atoms with Crippen LogP contribution in [0.5, 0.6) is 11.5 Å². The molecule has 2 aromatic rings. The minimum atomic E-state index is -0.443. The molecule has 88 valence electrons. The molecule has 0 aliphatic heterocycles. The normalized spacial score (nSPS) is 12.2. The van der Waals surface area contributed by atoms with Crippen LogP contribution in [-0.4, -0.2) is 10.2 Å². The average Bonchev–Trinajstić information content (AvgIpc) is 2.39. The number of hydrogen-bond acceptors (Lipinski definition) is 2. The number of aromatic hydroxyl groups is 2. The highest BCUT2D eigenvalue weighted by Gasteiger charge is 2.22. The van der Waals surface area contributed by atoms with Gasteiger partial charge < -0.3 is 10.2 Å². The summed E-state index contributed by atoms with van der Waals surface area (Å²) in [5.74, 6) is 0.438. The van der Waals surface area contributed by atoms with Crippen LogP contribution < -0.4 is 0 Å². The van der Waals surface area contributed by atoms with Gasteiger partial charge in [0, 0.05) is 6.79 Å². The summed E-state index contributed by atoms with van der Waals surface area (Å²) in [7, 11) is 0. The molecule has 0 radical (unpaired) electrons. The number of phenols is 2. The predicted octanol–water partition coefficient (Wildman–Crippen LogP) is 3.42. The second-order valence-electron chi connectivity index (χ2n) is 4.43. The van der Waals surface area contributed by atoms with E-state index in [1.165, 1.54) is 0 Å². The van der Waals surface area contributed by atoms with Gasteiger partial charge in [0.1, 0.15) is 11.5 Å². The van der Waals surface area contributed by atoms with Gasteiger partial charge in [-0.1, -0.05) is 38.1 Å². The third-order valence-electron chi connectivity index (χ3n) is 3.01. The van der Waals surface area contributed by atoms with Crippen LogP contribution in [0.25, 0.3) is 0 Å². The van der Waals surface area contributed by atoms with Crippen LogP contribution in [0.4, 0.5) is 0 Å². The van der Waals surface area contributed by atoms with Crippen molar-refractivity contribution in [1.29, 1.82) is 0 Å². The minimum absolute atomic E-state index is 0.197. The third kappa shape index (κ3) is 2.26. The molecule has 2 heteroatoms. The van der Waals surface area contributed by atoms with Gasteiger partial charge in [-0.15, -0.1) is 0 Å². The number of benzene rings is 2. The quantitative estimate of drug-likeness (QED) is 0.828. The molecule has 0 heterocycles. The molecule has 2 N–H and O–H groups in total. The summed E-state index contributed by atoms with van der Waals surface area (Å²) in [5.41, 5.74) is 1.50. The lowest BCUT2D eigenvalue weighted by molar-refractivity contribution is 0.474. The molecule has 0 aliphatic carbocycles. The van der Waals surface area contributed by atoms with Gasteiger partial charge in [0.15, 0.2) is 0 Å². The summed E-state index contributed by atoms with van der Waals surface area (Å²) in [6.07, 6.45) is 0. The second-order valence-corrected chi connectivity index (χ2v) is 4.43. The second kappa shape index (κ2) is 4.13. The molecule has 0 saturated carbocycles. The van der Waals surface area contributed by atoms with E-state index in [4.69, 9.17) is 1.37 Å². The fourth-order valence-corrected chi connectivity index (χ4v) is 1.83. The molecule has 17 heavy (non-hydrogen) atoms. The van der Waals surface area contributed by atoms with E-state index in [-0.39, 0.29) is 18.4 Å². The average molecular weight is 229 g/mol. The van der Waals surface area contributed by atoms with Gasteiger partial charge in [-0.2, -0.15) is 0 Å². The Morgan fingerprint density at radius 1 is 0.824 bits per heavy atom. The van der Waals surface area contributed by atoms with E-state index < -0.39 is 5.41 Å². The molecule has 0 amide bonds. The third-order valence-corrected chi connectivity index (χ3v) is 3.01. The monoisotopic (exact) mass is 229 g/mol. The largest absolute Gasteiger partial charge is 0.508 e. The smallest absolute Gasteiger partial charge is 0.115 e. The van der Waals surface area contributed by atoms with Gasteiger partial charge >= 0.3 is 0 Å². The van der Waals surface area contributed by atoms with Crippen molar-refractivity contribution in [2.75, 3.05) is 0 Å². The first-order chi connectivity index (χ1) is 8.56. The van der Waals surface area contributed by atoms with Crippen molar-refractivity contribution >= 4 is 0 Å². The fourth-order valence-electron chi connectivity index (χ4n) is 1.83. The molecule has 0 bridgehead atoms. The Morgan fingerprint density at radius 2 is 1.18 bits per heavy atom. The lowest BCUT2D eigenvalue weighted by Crippen LogP contribution is -2.18. The highest BCUT2D eigenvalue weighted by Crippen LogP contribution is 2.32. The molecular weight excluding hydrogens is 212 g/mol. The Labute approximate surface area is 103 Å². The van der Waals surface area contributed by atoms with Gasteiger partial charge in [0.25, 0.3) is 0 Å². The lowest BCUT2D eigenvalue weighted by atomic mass is 9.78. The maximum Gasteiger partial charge on any atom is 0.115 e. The summed E-state index contributed by atoms with van der Waals surface area (Å²) < 4.78 is 7.81. The van der Waals surface area contributed by atoms with Crippen LogP contribution in [0.2, 0.25) is 0 Å². The topological polar surface area (TPSA) is 40.5 Å². The first-order valence-electron chi connectivity index (χ1n) is 6.15. The molecular formula is C15H16O2. The zero-order valence-corrected chi connectivity index (χ0v) is 9.72. The molecule has 0 aliphatic rings. The maximum atomic E-state index is 9.32. The van der Waals surface area contributed by atoms with Crippen LogP contribution in [0.15, 0.2) is 48.5 Å². The molecule has 2 aromatic carbocycles. The van der Waals surface area contributed by atoms with Gasteiger partial charge in [-0.25, -0.2) is 0 Å². The standard InChI is InChI=1S/C15H16O2/c1-15(2,11-3-7-13(16)8-4-11)12-5-9-14(17)10-6-12/h3-10,16-17H,1-2H3/i1D. The molecule has 0 spiro atoms. The van der Waals surface area contributed by atoms with Crippen molar-refractivity contribution in [3.05, 3.63) is 59.7 Å². The van der Waals surface area contributed by atoms with E-state index in [2.05, 4.69) is 0 Å². The van der Waals surface area contributed by atoms with Crippen LogP contribution in [0, 0.1) is 0 Å². The van der Waals surface area contributed by atoms with E-state index in [9.17, 15) is 10.2 Å². The molecule has 0 fully saturated rings. The van der Waals surface area contributed by atoms with Crippen molar-refractivity contribution in [2.24, 2.45) is 0 Å². The lowest BCUT2D eigenvalue weighted by Gasteiger charge is -2.26. The molecule has 0 unspecified atom stereocenters. The van der Waals surface area contributed by atoms with Crippen molar-refractivity contribution in [3.63, 3.8) is 0 Å². The van der Waals surface area contributed by atoms with Crippen LogP contribution in [0.3, 0.4) is 0 Å². The Bertz CT molecular complexity index is 472. The highest BCUT2D eigenvalue weighted by atomic mass is 16.3. The van der Waals surface area contributed by atoms with Gasteiger partial charge in [-0.05, 0) is 35.4 Å². The summed E-state index contributed by atoms with van der Waals surface area (Å²) in [6, 6.07) is 13.8. The summed E-state index contributed by atoms with van der Waals surface area (Å²) in [5, 5.41) is 18.6. The van der Waals surface area contributed by atoms with Crippen LogP contribution >= 0.6 is 0 Å². The van der Waals surface area contributed by atoms with Crippen molar-refractivity contribution in [1.82, 2.24) is 0 Å². The first kappa shape index (κ1) is 10.2. The Hall–Kier alpha value is -1.96. The summed E-state index contributed by atoms with van der Waals surface area (Å²) >= 11 is 0. The Kier molecular flexibility index (Phi) is 2.48. The van der Waals surface area contributed by atoms with Crippen molar-refractivity contribution < 1.29 is 11.6 Å². The molecule has 2 rings (SSSR count). The summed E-state index contributed by atoms with van der Waals surface area (Å²) in [4.78, 5) is 0. The SMILES string of the molecule is [2H]CC(C)(c1ccc(O)cc1)c1ccc(O)cc1. The van der Waals surface area contributed by atoms with Crippen molar-refractivity contribution in [3.8, 4) is 11.5 Å². The van der Waals surface area contributed by atoms with Crippen LogP contribution in [0.1, 0.15) is 26.3 Å². The minimum Gasteiger partial charge on any atom is -0.508 e. The van der Waals surface area contributed by atoms with E-state index >= 15 is 0 Å². The Morgan fingerprint density at radius 3 is 1.47 bits per heavy atom. The Balaban J connectivity index is 2.47. The zero-order chi connectivity index (χ0) is 13.2. The van der Waals surface area contributed by atoms with E-state index in [1.807, 2.05) is 31.2 Å². The van der Waals surface area contributed by atoms with Gasteiger partial charge in [0.2, 0.25) is 0 Å². The first-order valence-corrected chi connectivity index (χ1v) is 5.44. The predicted molar refractivity (Wildman–Crippen MR) is 68.3 cm³/mol. The number of rotatable bonds is 2. The van der Waals surface area contributed by atoms with E-state index in [0.29, 0.717) is 0 Å². The molecule has 0 aromatic heterocycles. The molecule has 2 nitrogen and oxygen atoms in total. The van der Waals surface area contributed by atoms with Gasteiger partial charge in [0.05, 0.1) is 0 Å².